The molecule has 0 spiro atoms. The van der Waals surface area contributed by atoms with Crippen LogP contribution in [0.15, 0.2) is 0 Å². The minimum absolute atomic E-state index is 0.0535. The number of ether oxygens (including phenoxy) is 1. The zero-order valence-corrected chi connectivity index (χ0v) is 12.2. The standard InChI is InChI=1S/C13H23NO4S/c1-10-2-4-12(5-3-10)18-13(15)8-14-11-6-7-19(16,17)9-11/h10-12,14H,2-9H2,1H3. The Hall–Kier alpha value is -0.620. The fraction of sp³-hybridized carbons (Fsp3) is 0.923. The Morgan fingerprint density at radius 3 is 2.47 bits per heavy atom. The molecule has 1 unspecified atom stereocenters. The fourth-order valence-electron chi connectivity index (χ4n) is 2.76. The van der Waals surface area contributed by atoms with Crippen molar-refractivity contribution in [2.75, 3.05) is 18.1 Å². The predicted octanol–water partition coefficient (Wildman–Crippen LogP) is 0.885. The summed E-state index contributed by atoms with van der Waals surface area (Å²) in [5.74, 6) is 0.835. The Bertz CT molecular complexity index is 412. The van der Waals surface area contributed by atoms with Crippen LogP contribution in [-0.4, -0.2) is 44.6 Å². The van der Waals surface area contributed by atoms with Crippen molar-refractivity contribution in [1.82, 2.24) is 5.32 Å². The normalized spacial score (nSPS) is 34.1. The molecule has 0 amide bonds. The lowest BCUT2D eigenvalue weighted by Crippen LogP contribution is -2.37. The molecule has 5 nitrogen and oxygen atoms in total. The van der Waals surface area contributed by atoms with Gasteiger partial charge in [-0.15, -0.1) is 0 Å². The minimum Gasteiger partial charge on any atom is -0.461 e. The molecule has 2 fully saturated rings. The van der Waals surface area contributed by atoms with Gasteiger partial charge in [0.15, 0.2) is 9.84 Å². The average molecular weight is 289 g/mol. The second-order valence-corrected chi connectivity index (χ2v) is 8.08. The summed E-state index contributed by atoms with van der Waals surface area (Å²) in [7, 11) is -2.89. The average Bonchev–Trinajstić information content (AvgIpc) is 2.69. The van der Waals surface area contributed by atoms with Crippen LogP contribution in [0.3, 0.4) is 0 Å². The number of esters is 1. The minimum atomic E-state index is -2.89. The summed E-state index contributed by atoms with van der Waals surface area (Å²) in [5.41, 5.74) is 0. The molecule has 6 heteroatoms. The van der Waals surface area contributed by atoms with E-state index in [-0.39, 0.29) is 36.2 Å². The van der Waals surface area contributed by atoms with Crippen LogP contribution in [0.25, 0.3) is 0 Å². The first kappa shape index (κ1) is 14.8. The predicted molar refractivity (Wildman–Crippen MR) is 72.6 cm³/mol. The number of rotatable bonds is 4. The van der Waals surface area contributed by atoms with E-state index >= 15 is 0 Å². The third-order valence-corrected chi connectivity index (χ3v) is 5.80. The van der Waals surface area contributed by atoms with Gasteiger partial charge in [0.25, 0.3) is 0 Å². The number of hydrogen-bond donors (Lipinski definition) is 1. The molecule has 0 radical (unpaired) electrons. The van der Waals surface area contributed by atoms with E-state index in [1.54, 1.807) is 0 Å². The van der Waals surface area contributed by atoms with Crippen molar-refractivity contribution in [3.8, 4) is 0 Å². The first-order valence-electron chi connectivity index (χ1n) is 7.08. The van der Waals surface area contributed by atoms with Gasteiger partial charge in [0.1, 0.15) is 6.10 Å². The van der Waals surface area contributed by atoms with Gasteiger partial charge in [-0.2, -0.15) is 0 Å². The monoisotopic (exact) mass is 289 g/mol. The van der Waals surface area contributed by atoms with E-state index in [9.17, 15) is 13.2 Å². The van der Waals surface area contributed by atoms with Crippen LogP contribution in [-0.2, 0) is 19.4 Å². The van der Waals surface area contributed by atoms with E-state index in [1.165, 1.54) is 0 Å². The highest BCUT2D eigenvalue weighted by atomic mass is 32.2. The summed E-state index contributed by atoms with van der Waals surface area (Å²) >= 11 is 0. The van der Waals surface area contributed by atoms with Gasteiger partial charge in [-0.25, -0.2) is 8.42 Å². The smallest absolute Gasteiger partial charge is 0.320 e. The van der Waals surface area contributed by atoms with E-state index in [4.69, 9.17) is 4.74 Å². The van der Waals surface area contributed by atoms with Gasteiger partial charge in [0, 0.05) is 6.04 Å². The molecule has 19 heavy (non-hydrogen) atoms. The molecule has 1 aliphatic carbocycles. The zero-order valence-electron chi connectivity index (χ0n) is 11.4. The van der Waals surface area contributed by atoms with E-state index in [1.807, 2.05) is 0 Å². The Morgan fingerprint density at radius 1 is 1.21 bits per heavy atom. The highest BCUT2D eigenvalue weighted by Crippen LogP contribution is 2.25. The number of carbonyl (C=O) groups excluding carboxylic acids is 1. The van der Waals surface area contributed by atoms with Gasteiger partial charge < -0.3 is 10.1 Å². The van der Waals surface area contributed by atoms with E-state index in [2.05, 4.69) is 12.2 Å². The van der Waals surface area contributed by atoms with Gasteiger partial charge in [-0.1, -0.05) is 6.92 Å². The third kappa shape index (κ3) is 4.76. The Kier molecular flexibility index (Phi) is 4.84. The molecule has 0 bridgehead atoms. The second kappa shape index (κ2) is 6.22. The summed E-state index contributed by atoms with van der Waals surface area (Å²) in [6.07, 6.45) is 4.78. The molecular weight excluding hydrogens is 266 g/mol. The Balaban J connectivity index is 1.65. The topological polar surface area (TPSA) is 72.5 Å². The lowest BCUT2D eigenvalue weighted by Gasteiger charge is -2.26. The van der Waals surface area contributed by atoms with Crippen LogP contribution in [0.2, 0.25) is 0 Å². The molecular formula is C13H23NO4S. The molecule has 0 aromatic heterocycles. The number of hydrogen-bond acceptors (Lipinski definition) is 5. The van der Waals surface area contributed by atoms with Gasteiger partial charge in [0.05, 0.1) is 18.1 Å². The summed E-state index contributed by atoms with van der Waals surface area (Å²) < 4.78 is 28.0. The zero-order chi connectivity index (χ0) is 13.9. The number of carbonyl (C=O) groups is 1. The van der Waals surface area contributed by atoms with E-state index < -0.39 is 9.84 Å². The van der Waals surface area contributed by atoms with Crippen molar-refractivity contribution in [2.24, 2.45) is 5.92 Å². The molecule has 0 aromatic carbocycles. The first-order chi connectivity index (χ1) is 8.94. The van der Waals surface area contributed by atoms with Crippen molar-refractivity contribution in [3.05, 3.63) is 0 Å². The van der Waals surface area contributed by atoms with Crippen molar-refractivity contribution < 1.29 is 17.9 Å². The third-order valence-electron chi connectivity index (χ3n) is 4.03. The van der Waals surface area contributed by atoms with Crippen LogP contribution < -0.4 is 5.32 Å². The summed E-state index contributed by atoms with van der Waals surface area (Å²) in [6.45, 7) is 2.34. The van der Waals surface area contributed by atoms with Crippen molar-refractivity contribution >= 4 is 15.8 Å². The second-order valence-electron chi connectivity index (χ2n) is 5.85. The number of sulfone groups is 1. The lowest BCUT2D eigenvalue weighted by atomic mass is 9.89. The molecule has 0 aromatic rings. The highest BCUT2D eigenvalue weighted by Gasteiger charge is 2.28. The van der Waals surface area contributed by atoms with Crippen molar-refractivity contribution in [1.29, 1.82) is 0 Å². The van der Waals surface area contributed by atoms with Crippen LogP contribution in [0.4, 0.5) is 0 Å². The quantitative estimate of drug-likeness (QED) is 0.778. The maximum absolute atomic E-state index is 11.7. The maximum atomic E-state index is 11.7. The molecule has 2 rings (SSSR count). The summed E-state index contributed by atoms with van der Waals surface area (Å²) in [6, 6.07) is -0.0936. The molecule has 1 atom stereocenters. The van der Waals surface area contributed by atoms with Crippen molar-refractivity contribution in [3.63, 3.8) is 0 Å². The molecule has 1 heterocycles. The van der Waals surface area contributed by atoms with Crippen molar-refractivity contribution in [2.45, 2.75) is 51.2 Å². The van der Waals surface area contributed by atoms with E-state index in [0.29, 0.717) is 6.42 Å². The molecule has 1 saturated heterocycles. The summed E-state index contributed by atoms with van der Waals surface area (Å²) in [5, 5.41) is 2.98. The highest BCUT2D eigenvalue weighted by molar-refractivity contribution is 7.91. The van der Waals surface area contributed by atoms with Gasteiger partial charge in [-0.3, -0.25) is 4.79 Å². The first-order valence-corrected chi connectivity index (χ1v) is 8.90. The van der Waals surface area contributed by atoms with E-state index in [0.717, 1.165) is 31.6 Å². The lowest BCUT2D eigenvalue weighted by molar-refractivity contribution is -0.149. The molecule has 110 valence electrons. The molecule has 1 N–H and O–H groups in total. The van der Waals surface area contributed by atoms with Gasteiger partial charge >= 0.3 is 5.97 Å². The summed E-state index contributed by atoms with van der Waals surface area (Å²) in [4.78, 5) is 11.7. The van der Waals surface area contributed by atoms with Gasteiger partial charge in [0.2, 0.25) is 0 Å². The van der Waals surface area contributed by atoms with Crippen LogP contribution in [0, 0.1) is 5.92 Å². The molecule has 1 saturated carbocycles. The molecule has 1 aliphatic heterocycles. The fourth-order valence-corrected chi connectivity index (χ4v) is 4.47. The molecule has 2 aliphatic rings. The van der Waals surface area contributed by atoms with Crippen LogP contribution >= 0.6 is 0 Å². The SMILES string of the molecule is CC1CCC(OC(=O)CNC2CCS(=O)(=O)C2)CC1. The Labute approximate surface area is 115 Å². The number of nitrogens with one attached hydrogen (secondary N) is 1. The van der Waals surface area contributed by atoms with Gasteiger partial charge in [-0.05, 0) is 38.0 Å². The maximum Gasteiger partial charge on any atom is 0.320 e. The van der Waals surface area contributed by atoms with Crippen LogP contribution in [0.1, 0.15) is 39.0 Å². The largest absolute Gasteiger partial charge is 0.461 e. The Morgan fingerprint density at radius 2 is 1.89 bits per heavy atom. The van der Waals surface area contributed by atoms with Crippen LogP contribution in [0.5, 0.6) is 0 Å².